The summed E-state index contributed by atoms with van der Waals surface area (Å²) in [6.07, 6.45) is 5.84. The van der Waals surface area contributed by atoms with E-state index >= 15 is 0 Å². The second-order valence-electron chi connectivity index (χ2n) is 10.3. The SMILES string of the molecule is CCO/N=C(\c1ccc(Br)cc1)C1CCN(C2(C)CCN(C(=O)c3cccc4cccnc34)CC2)CC1. The Morgan fingerprint density at radius 2 is 1.76 bits per heavy atom. The van der Waals surface area contributed by atoms with Crippen molar-refractivity contribution >= 4 is 38.5 Å². The highest BCUT2D eigenvalue weighted by molar-refractivity contribution is 9.10. The molecule has 1 amide bonds. The predicted molar refractivity (Wildman–Crippen MR) is 152 cm³/mol. The standard InChI is InChI=1S/C30H35BrN4O2/c1-3-37-33-27(23-9-11-25(31)12-10-23)24-13-18-35(19-14-24)30(2)15-20-34(21-16-30)29(36)26-8-4-6-22-7-5-17-32-28(22)26/h4-12,17,24H,3,13-16,18-21H2,1-2H3/b33-27+. The molecule has 3 heterocycles. The summed E-state index contributed by atoms with van der Waals surface area (Å²) in [5.74, 6) is 0.476. The number of nitrogens with zero attached hydrogens (tertiary/aromatic N) is 4. The second kappa shape index (κ2) is 11.3. The molecule has 0 atom stereocenters. The van der Waals surface area contributed by atoms with E-state index in [-0.39, 0.29) is 11.4 Å². The summed E-state index contributed by atoms with van der Waals surface area (Å²) in [7, 11) is 0. The van der Waals surface area contributed by atoms with Gasteiger partial charge in [-0.3, -0.25) is 14.7 Å². The molecular weight excluding hydrogens is 528 g/mol. The summed E-state index contributed by atoms with van der Waals surface area (Å²) >= 11 is 3.53. The molecule has 2 aromatic carbocycles. The molecule has 2 saturated heterocycles. The van der Waals surface area contributed by atoms with Crippen LogP contribution in [0.4, 0.5) is 0 Å². The first kappa shape index (κ1) is 25.9. The largest absolute Gasteiger partial charge is 0.396 e. The maximum absolute atomic E-state index is 13.4. The van der Waals surface area contributed by atoms with E-state index < -0.39 is 0 Å². The van der Waals surface area contributed by atoms with Gasteiger partial charge in [0.1, 0.15) is 6.61 Å². The number of para-hydroxylation sites is 1. The minimum Gasteiger partial charge on any atom is -0.396 e. The first-order chi connectivity index (χ1) is 18.0. The van der Waals surface area contributed by atoms with Crippen molar-refractivity contribution < 1.29 is 9.63 Å². The van der Waals surface area contributed by atoms with Crippen LogP contribution < -0.4 is 0 Å². The molecule has 6 nitrogen and oxygen atoms in total. The van der Waals surface area contributed by atoms with Crippen molar-refractivity contribution in [3.05, 3.63) is 76.4 Å². The van der Waals surface area contributed by atoms with Gasteiger partial charge in [0.2, 0.25) is 0 Å². The monoisotopic (exact) mass is 562 g/mol. The van der Waals surface area contributed by atoms with Crippen molar-refractivity contribution in [2.75, 3.05) is 32.8 Å². The second-order valence-corrected chi connectivity index (χ2v) is 11.2. The van der Waals surface area contributed by atoms with Crippen LogP contribution in [0.25, 0.3) is 10.9 Å². The van der Waals surface area contributed by atoms with Crippen LogP contribution in [0.1, 0.15) is 55.5 Å². The molecule has 37 heavy (non-hydrogen) atoms. The smallest absolute Gasteiger partial charge is 0.256 e. The van der Waals surface area contributed by atoms with Gasteiger partial charge in [0, 0.05) is 40.6 Å². The third kappa shape index (κ3) is 5.58. The van der Waals surface area contributed by atoms with Crippen LogP contribution in [0, 0.1) is 5.92 Å². The van der Waals surface area contributed by atoms with E-state index in [4.69, 9.17) is 4.84 Å². The van der Waals surface area contributed by atoms with Crippen molar-refractivity contribution in [2.45, 2.75) is 45.1 Å². The fourth-order valence-corrected chi connectivity index (χ4v) is 6.03. The number of rotatable bonds is 6. The molecule has 3 aromatic rings. The number of hydrogen-bond donors (Lipinski definition) is 0. The van der Waals surface area contributed by atoms with Gasteiger partial charge >= 0.3 is 0 Å². The number of hydrogen-bond acceptors (Lipinski definition) is 5. The molecule has 0 aliphatic carbocycles. The molecule has 2 fully saturated rings. The van der Waals surface area contributed by atoms with E-state index in [9.17, 15) is 4.79 Å². The number of pyridine rings is 1. The Labute approximate surface area is 227 Å². The van der Waals surface area contributed by atoms with E-state index in [0.29, 0.717) is 18.1 Å². The van der Waals surface area contributed by atoms with Crippen LogP contribution >= 0.6 is 15.9 Å². The van der Waals surface area contributed by atoms with Gasteiger partial charge in [0.05, 0.1) is 16.8 Å². The molecule has 0 saturated carbocycles. The van der Waals surface area contributed by atoms with Crippen molar-refractivity contribution in [1.29, 1.82) is 0 Å². The number of aromatic nitrogens is 1. The Morgan fingerprint density at radius 3 is 2.46 bits per heavy atom. The van der Waals surface area contributed by atoms with Crippen molar-refractivity contribution in [1.82, 2.24) is 14.8 Å². The lowest BCUT2D eigenvalue weighted by Crippen LogP contribution is -2.56. The number of oxime groups is 1. The maximum atomic E-state index is 13.4. The number of amides is 1. The highest BCUT2D eigenvalue weighted by atomic mass is 79.9. The Kier molecular flexibility index (Phi) is 7.91. The van der Waals surface area contributed by atoms with E-state index in [0.717, 1.165) is 78.5 Å². The lowest BCUT2D eigenvalue weighted by molar-refractivity contribution is 0.0162. The third-order valence-electron chi connectivity index (χ3n) is 8.07. The quantitative estimate of drug-likeness (QED) is 0.267. The van der Waals surface area contributed by atoms with Crippen molar-refractivity contribution in [2.24, 2.45) is 11.1 Å². The van der Waals surface area contributed by atoms with Gasteiger partial charge in [0.15, 0.2) is 0 Å². The van der Waals surface area contributed by atoms with Gasteiger partial charge in [-0.05, 0) is 82.4 Å². The molecule has 0 spiro atoms. The van der Waals surface area contributed by atoms with Crippen LogP contribution in [0.15, 0.2) is 70.4 Å². The van der Waals surface area contributed by atoms with Crippen LogP contribution in [-0.2, 0) is 4.84 Å². The molecule has 1 aromatic heterocycles. The van der Waals surface area contributed by atoms with Crippen LogP contribution in [0.3, 0.4) is 0 Å². The molecule has 0 radical (unpaired) electrons. The average Bonchev–Trinajstić information content (AvgIpc) is 2.94. The zero-order valence-corrected chi connectivity index (χ0v) is 23.3. The zero-order valence-electron chi connectivity index (χ0n) is 21.7. The number of benzene rings is 2. The van der Waals surface area contributed by atoms with Gasteiger partial charge in [-0.2, -0.15) is 0 Å². The Morgan fingerprint density at radius 1 is 1.05 bits per heavy atom. The molecule has 0 bridgehead atoms. The summed E-state index contributed by atoms with van der Waals surface area (Å²) in [4.78, 5) is 28.1. The lowest BCUT2D eigenvalue weighted by Gasteiger charge is -2.49. The summed E-state index contributed by atoms with van der Waals surface area (Å²) in [5.41, 5.74) is 3.80. The van der Waals surface area contributed by atoms with Gasteiger partial charge < -0.3 is 9.74 Å². The van der Waals surface area contributed by atoms with Crippen molar-refractivity contribution in [3.63, 3.8) is 0 Å². The number of carbonyl (C=O) groups excluding carboxylic acids is 1. The Balaban J connectivity index is 1.21. The summed E-state index contributed by atoms with van der Waals surface area (Å²) in [5, 5.41) is 5.54. The minimum absolute atomic E-state index is 0.0938. The Bertz CT molecular complexity index is 1250. The predicted octanol–water partition coefficient (Wildman–Crippen LogP) is 6.14. The number of piperidine rings is 2. The molecule has 2 aliphatic heterocycles. The molecule has 7 heteroatoms. The fraction of sp³-hybridized carbons (Fsp3) is 0.433. The maximum Gasteiger partial charge on any atom is 0.256 e. The lowest BCUT2D eigenvalue weighted by atomic mass is 9.82. The molecule has 2 aliphatic rings. The summed E-state index contributed by atoms with van der Waals surface area (Å²) in [6, 6.07) is 18.2. The highest BCUT2D eigenvalue weighted by Crippen LogP contribution is 2.34. The molecule has 0 unspecified atom stereocenters. The number of likely N-dealkylation sites (tertiary alicyclic amines) is 2. The normalized spacial score (nSPS) is 19.2. The van der Waals surface area contributed by atoms with E-state index in [1.807, 2.05) is 42.2 Å². The number of halogens is 1. The van der Waals surface area contributed by atoms with Crippen molar-refractivity contribution in [3.8, 4) is 0 Å². The van der Waals surface area contributed by atoms with Crippen LogP contribution in [0.2, 0.25) is 0 Å². The fourth-order valence-electron chi connectivity index (χ4n) is 5.77. The van der Waals surface area contributed by atoms with E-state index in [1.54, 1.807) is 6.20 Å². The number of fused-ring (bicyclic) bond motifs is 1. The molecule has 194 valence electrons. The van der Waals surface area contributed by atoms with Crippen LogP contribution in [-0.4, -0.2) is 64.7 Å². The summed E-state index contributed by atoms with van der Waals surface area (Å²) in [6.45, 7) is 8.52. The van der Waals surface area contributed by atoms with Gasteiger partial charge in [-0.15, -0.1) is 0 Å². The molecular formula is C30H35BrN4O2. The first-order valence-electron chi connectivity index (χ1n) is 13.3. The van der Waals surface area contributed by atoms with Gasteiger partial charge in [0.25, 0.3) is 5.91 Å². The van der Waals surface area contributed by atoms with Crippen LogP contribution in [0.5, 0.6) is 0 Å². The summed E-state index contributed by atoms with van der Waals surface area (Å²) < 4.78 is 1.07. The number of carbonyl (C=O) groups is 1. The average molecular weight is 564 g/mol. The topological polar surface area (TPSA) is 58.0 Å². The first-order valence-corrected chi connectivity index (χ1v) is 14.1. The Hall–Kier alpha value is -2.77. The van der Waals surface area contributed by atoms with E-state index in [2.05, 4.69) is 62.2 Å². The highest BCUT2D eigenvalue weighted by Gasteiger charge is 2.39. The molecule has 5 rings (SSSR count). The van der Waals surface area contributed by atoms with Gasteiger partial charge in [-0.25, -0.2) is 0 Å². The van der Waals surface area contributed by atoms with Gasteiger partial charge in [-0.1, -0.05) is 51.4 Å². The van der Waals surface area contributed by atoms with E-state index in [1.165, 1.54) is 0 Å². The minimum atomic E-state index is 0.0938. The molecule has 0 N–H and O–H groups in total. The third-order valence-corrected chi connectivity index (χ3v) is 8.60. The zero-order chi connectivity index (χ0) is 25.8.